The van der Waals surface area contributed by atoms with Crippen LogP contribution in [0, 0.1) is 19.8 Å². The van der Waals surface area contributed by atoms with E-state index in [9.17, 15) is 4.79 Å². The van der Waals surface area contributed by atoms with Crippen molar-refractivity contribution in [2.75, 3.05) is 5.32 Å². The highest BCUT2D eigenvalue weighted by molar-refractivity contribution is 5.91. The van der Waals surface area contributed by atoms with Crippen molar-refractivity contribution >= 4 is 11.7 Å². The van der Waals surface area contributed by atoms with Crippen LogP contribution < -0.4 is 10.6 Å². The highest BCUT2D eigenvalue weighted by atomic mass is 16.4. The summed E-state index contributed by atoms with van der Waals surface area (Å²) in [6, 6.07) is 5.12. The molecule has 0 radical (unpaired) electrons. The van der Waals surface area contributed by atoms with Gasteiger partial charge in [0, 0.05) is 37.6 Å². The molecule has 0 saturated heterocycles. The number of imidazole rings is 1. The van der Waals surface area contributed by atoms with Crippen molar-refractivity contribution in [1.82, 2.24) is 25.1 Å². The predicted molar refractivity (Wildman–Crippen MR) is 102 cm³/mol. The number of nitrogens with one attached hydrogen (secondary N) is 2. The number of carbonyl (C=O) groups is 1. The minimum Gasteiger partial charge on any atom is -0.421 e. The molecule has 0 aliphatic rings. The fourth-order valence-corrected chi connectivity index (χ4v) is 2.81. The quantitative estimate of drug-likeness (QED) is 0.717. The maximum atomic E-state index is 12.6. The summed E-state index contributed by atoms with van der Waals surface area (Å²) in [6.45, 7) is 7.75. The molecule has 1 aromatic carbocycles. The molecule has 0 spiro atoms. The summed E-state index contributed by atoms with van der Waals surface area (Å²) in [6.07, 6.45) is 3.59. The van der Waals surface area contributed by atoms with Crippen LogP contribution in [0.3, 0.4) is 0 Å². The Morgan fingerprint density at radius 3 is 2.59 bits per heavy atom. The van der Waals surface area contributed by atoms with E-state index in [4.69, 9.17) is 4.42 Å². The smallest absolute Gasteiger partial charge is 0.319 e. The monoisotopic (exact) mass is 368 g/mol. The molecule has 2 amide bonds. The van der Waals surface area contributed by atoms with Gasteiger partial charge < -0.3 is 19.6 Å². The molecule has 2 N–H and O–H groups in total. The van der Waals surface area contributed by atoms with E-state index in [1.54, 1.807) is 13.1 Å². The summed E-state index contributed by atoms with van der Waals surface area (Å²) in [5.41, 5.74) is 2.37. The molecule has 0 bridgehead atoms. The van der Waals surface area contributed by atoms with Gasteiger partial charge in [-0.1, -0.05) is 19.9 Å². The second-order valence-electron chi connectivity index (χ2n) is 6.87. The number of benzene rings is 1. The Kier molecular flexibility index (Phi) is 5.25. The Hall–Kier alpha value is -3.16. The first-order valence-corrected chi connectivity index (χ1v) is 8.81. The molecule has 1 atom stereocenters. The van der Waals surface area contributed by atoms with Gasteiger partial charge in [-0.15, -0.1) is 10.2 Å². The molecule has 3 aromatic rings. The van der Waals surface area contributed by atoms with Crippen LogP contribution in [0.15, 0.2) is 35.0 Å². The number of anilines is 1. The van der Waals surface area contributed by atoms with Gasteiger partial charge in [0.15, 0.2) is 0 Å². The number of hydrogen-bond acceptors (Lipinski definition) is 5. The highest BCUT2D eigenvalue weighted by Gasteiger charge is 2.22. The number of aromatic nitrogens is 4. The van der Waals surface area contributed by atoms with Crippen LogP contribution in [0.5, 0.6) is 0 Å². The normalized spacial score (nSPS) is 12.2. The van der Waals surface area contributed by atoms with Crippen LogP contribution in [0.2, 0.25) is 0 Å². The van der Waals surface area contributed by atoms with Gasteiger partial charge in [-0.2, -0.15) is 0 Å². The Balaban J connectivity index is 1.78. The summed E-state index contributed by atoms with van der Waals surface area (Å²) < 4.78 is 7.38. The lowest BCUT2D eigenvalue weighted by Gasteiger charge is -2.22. The van der Waals surface area contributed by atoms with Gasteiger partial charge in [-0.25, -0.2) is 9.78 Å². The van der Waals surface area contributed by atoms with Gasteiger partial charge in [0.25, 0.3) is 0 Å². The minimum atomic E-state index is -0.293. The van der Waals surface area contributed by atoms with Gasteiger partial charge in [-0.05, 0) is 30.5 Å². The lowest BCUT2D eigenvalue weighted by atomic mass is 10.0. The third-order valence-corrected chi connectivity index (χ3v) is 4.35. The molecular weight excluding hydrogens is 344 g/mol. The van der Waals surface area contributed by atoms with Crippen LogP contribution >= 0.6 is 0 Å². The molecule has 2 aromatic heterocycles. The lowest BCUT2D eigenvalue weighted by molar-refractivity contribution is 0.243. The second-order valence-corrected chi connectivity index (χ2v) is 6.87. The maximum absolute atomic E-state index is 12.6. The highest BCUT2D eigenvalue weighted by Crippen LogP contribution is 2.25. The summed E-state index contributed by atoms with van der Waals surface area (Å²) in [5, 5.41) is 13.8. The van der Waals surface area contributed by atoms with Crippen molar-refractivity contribution in [3.05, 3.63) is 47.9 Å². The molecule has 0 fully saturated rings. The molecular formula is C19H24N6O2. The molecule has 2 heterocycles. The predicted octanol–water partition coefficient (Wildman–Crippen LogP) is 3.61. The number of carbonyl (C=O) groups excluding carboxylic acids is 1. The second kappa shape index (κ2) is 7.61. The van der Waals surface area contributed by atoms with Gasteiger partial charge in [0.05, 0.1) is 6.04 Å². The average Bonchev–Trinajstić information content (AvgIpc) is 3.23. The number of amides is 2. The first kappa shape index (κ1) is 18.6. The van der Waals surface area contributed by atoms with Gasteiger partial charge >= 0.3 is 6.03 Å². The van der Waals surface area contributed by atoms with E-state index in [0.717, 1.165) is 17.0 Å². The van der Waals surface area contributed by atoms with Gasteiger partial charge in [0.1, 0.15) is 5.82 Å². The number of urea groups is 1. The molecule has 142 valence electrons. The topological polar surface area (TPSA) is 97.9 Å². The number of nitrogens with zero attached hydrogens (tertiary/aromatic N) is 4. The van der Waals surface area contributed by atoms with E-state index in [-0.39, 0.29) is 18.0 Å². The number of hydrogen-bond donors (Lipinski definition) is 2. The minimum absolute atomic E-state index is 0.186. The Morgan fingerprint density at radius 2 is 2.00 bits per heavy atom. The van der Waals surface area contributed by atoms with Crippen LogP contribution in [-0.2, 0) is 7.05 Å². The zero-order valence-electron chi connectivity index (χ0n) is 16.1. The van der Waals surface area contributed by atoms with Crippen molar-refractivity contribution < 1.29 is 9.21 Å². The molecule has 0 aliphatic carbocycles. The zero-order valence-corrected chi connectivity index (χ0v) is 16.1. The zero-order chi connectivity index (χ0) is 19.6. The van der Waals surface area contributed by atoms with Crippen LogP contribution in [0.4, 0.5) is 10.5 Å². The summed E-state index contributed by atoms with van der Waals surface area (Å²) in [7, 11) is 1.91. The molecule has 0 saturated carbocycles. The largest absolute Gasteiger partial charge is 0.421 e. The van der Waals surface area contributed by atoms with E-state index in [1.165, 1.54) is 0 Å². The maximum Gasteiger partial charge on any atom is 0.319 e. The first-order valence-electron chi connectivity index (χ1n) is 8.81. The number of rotatable bonds is 5. The SMILES string of the molecule is Cc1nnc(-c2ccc(C)c(NC(=O)NC(c3nccn3C)C(C)C)c2)o1. The van der Waals surface area contributed by atoms with E-state index < -0.39 is 0 Å². The van der Waals surface area contributed by atoms with Crippen molar-refractivity contribution in [3.63, 3.8) is 0 Å². The standard InChI is InChI=1S/C19H24N6O2/c1-11(2)16(17-20-8-9-25(17)5)22-19(26)21-15-10-14(7-6-12(15)3)18-24-23-13(4)27-18/h6-11,16H,1-5H3,(H2,21,22,26). The molecule has 3 rings (SSSR count). The van der Waals surface area contributed by atoms with E-state index >= 15 is 0 Å². The van der Waals surface area contributed by atoms with Crippen molar-refractivity contribution in [3.8, 4) is 11.5 Å². The molecule has 8 heteroatoms. The van der Waals surface area contributed by atoms with E-state index in [0.29, 0.717) is 17.5 Å². The van der Waals surface area contributed by atoms with Crippen molar-refractivity contribution in [1.29, 1.82) is 0 Å². The Morgan fingerprint density at radius 1 is 1.22 bits per heavy atom. The van der Waals surface area contributed by atoms with E-state index in [2.05, 4.69) is 25.8 Å². The fourth-order valence-electron chi connectivity index (χ4n) is 2.81. The van der Waals surface area contributed by atoms with Gasteiger partial charge in [-0.3, -0.25) is 0 Å². The molecule has 0 aliphatic heterocycles. The Labute approximate surface area is 158 Å². The van der Waals surface area contributed by atoms with Crippen molar-refractivity contribution in [2.24, 2.45) is 13.0 Å². The van der Waals surface area contributed by atoms with Crippen molar-refractivity contribution in [2.45, 2.75) is 33.7 Å². The van der Waals surface area contributed by atoms with E-state index in [1.807, 2.05) is 56.8 Å². The van der Waals surface area contributed by atoms with Gasteiger partial charge in [0.2, 0.25) is 11.8 Å². The first-order chi connectivity index (χ1) is 12.8. The van der Waals surface area contributed by atoms with Crippen LogP contribution in [0.1, 0.15) is 37.2 Å². The summed E-state index contributed by atoms with van der Waals surface area (Å²) in [4.78, 5) is 17.0. The summed E-state index contributed by atoms with van der Waals surface area (Å²) >= 11 is 0. The summed E-state index contributed by atoms with van der Waals surface area (Å²) in [5.74, 6) is 1.91. The van der Waals surface area contributed by atoms with Crippen LogP contribution in [0.25, 0.3) is 11.5 Å². The average molecular weight is 368 g/mol. The molecule has 1 unspecified atom stereocenters. The lowest BCUT2D eigenvalue weighted by Crippen LogP contribution is -2.36. The Bertz CT molecular complexity index is 943. The molecule has 27 heavy (non-hydrogen) atoms. The fraction of sp³-hybridized carbons (Fsp3) is 0.368. The third-order valence-electron chi connectivity index (χ3n) is 4.35. The third kappa shape index (κ3) is 4.16. The van der Waals surface area contributed by atoms with Crippen LogP contribution in [-0.4, -0.2) is 25.8 Å². The molecule has 8 nitrogen and oxygen atoms in total. The number of aryl methyl sites for hydroxylation is 3.